The van der Waals surface area contributed by atoms with E-state index in [0.29, 0.717) is 13.1 Å². The van der Waals surface area contributed by atoms with Crippen LogP contribution in [-0.4, -0.2) is 23.3 Å². The first kappa shape index (κ1) is 18.7. The van der Waals surface area contributed by atoms with E-state index in [-0.39, 0.29) is 18.2 Å². The minimum Gasteiger partial charge on any atom is -0.338 e. The van der Waals surface area contributed by atoms with Crippen molar-refractivity contribution in [2.24, 2.45) is 0 Å². The molecule has 2 rings (SSSR count). The molecule has 0 heterocycles. The third-order valence-corrected chi connectivity index (χ3v) is 4.16. The van der Waals surface area contributed by atoms with Crippen LogP contribution in [0.15, 0.2) is 48.5 Å². The molecule has 0 bridgehead atoms. The van der Waals surface area contributed by atoms with Crippen molar-refractivity contribution in [3.63, 3.8) is 0 Å². The van der Waals surface area contributed by atoms with E-state index in [4.69, 9.17) is 0 Å². The van der Waals surface area contributed by atoms with Gasteiger partial charge in [-0.3, -0.25) is 9.59 Å². The zero-order valence-corrected chi connectivity index (χ0v) is 15.2. The maximum atomic E-state index is 12.2. The first-order valence-electron chi connectivity index (χ1n) is 8.67. The highest BCUT2D eigenvalue weighted by molar-refractivity contribution is 5.91. The Morgan fingerprint density at radius 1 is 1.04 bits per heavy atom. The number of amides is 2. The summed E-state index contributed by atoms with van der Waals surface area (Å²) >= 11 is 0. The summed E-state index contributed by atoms with van der Waals surface area (Å²) in [6.07, 6.45) is 1.25. The zero-order chi connectivity index (χ0) is 18.2. The summed E-state index contributed by atoms with van der Waals surface area (Å²) in [6.45, 7) is 6.59. The Labute approximate surface area is 149 Å². The van der Waals surface area contributed by atoms with E-state index in [9.17, 15) is 9.59 Å². The van der Waals surface area contributed by atoms with Crippen LogP contribution in [0.25, 0.3) is 0 Å². The molecule has 0 aliphatic heterocycles. The van der Waals surface area contributed by atoms with E-state index >= 15 is 0 Å². The summed E-state index contributed by atoms with van der Waals surface area (Å²) in [4.78, 5) is 25.7. The van der Waals surface area contributed by atoms with Crippen molar-refractivity contribution >= 4 is 17.5 Å². The minimum absolute atomic E-state index is 0.0263. The van der Waals surface area contributed by atoms with E-state index in [1.807, 2.05) is 49.4 Å². The highest BCUT2D eigenvalue weighted by atomic mass is 16.2. The summed E-state index contributed by atoms with van der Waals surface area (Å²) < 4.78 is 0. The van der Waals surface area contributed by atoms with Crippen molar-refractivity contribution in [2.75, 3.05) is 11.9 Å². The van der Waals surface area contributed by atoms with Crippen LogP contribution in [0.2, 0.25) is 0 Å². The quantitative estimate of drug-likeness (QED) is 0.831. The van der Waals surface area contributed by atoms with E-state index in [2.05, 4.69) is 18.3 Å². The first-order chi connectivity index (χ1) is 12.0. The molecule has 0 saturated heterocycles. The lowest BCUT2D eigenvalue weighted by molar-refractivity contribution is -0.129. The van der Waals surface area contributed by atoms with Crippen LogP contribution in [0.3, 0.4) is 0 Å². The Balaban J connectivity index is 1.89. The molecule has 0 aliphatic carbocycles. The van der Waals surface area contributed by atoms with Gasteiger partial charge in [-0.15, -0.1) is 0 Å². The number of nitrogens with zero attached hydrogens (tertiary/aromatic N) is 1. The number of anilines is 1. The van der Waals surface area contributed by atoms with Gasteiger partial charge >= 0.3 is 0 Å². The second-order valence-corrected chi connectivity index (χ2v) is 6.28. The number of carbonyl (C=O) groups excluding carboxylic acids is 2. The van der Waals surface area contributed by atoms with Crippen molar-refractivity contribution in [1.82, 2.24) is 4.90 Å². The molecule has 0 aliphatic rings. The molecule has 2 aromatic carbocycles. The SMILES string of the molecule is CCc1ccc(NC(=O)CCN(Cc2cccc(C)c2)C(C)=O)cc1. The molecule has 0 aromatic heterocycles. The molecule has 2 aromatic rings. The van der Waals surface area contributed by atoms with E-state index in [1.165, 1.54) is 12.5 Å². The van der Waals surface area contributed by atoms with Gasteiger partial charge in [0.05, 0.1) is 0 Å². The lowest BCUT2D eigenvalue weighted by Gasteiger charge is -2.21. The smallest absolute Gasteiger partial charge is 0.226 e. The summed E-state index contributed by atoms with van der Waals surface area (Å²) in [5.74, 6) is -0.110. The Bertz CT molecular complexity index is 723. The molecule has 0 spiro atoms. The fraction of sp³-hybridized carbons (Fsp3) is 0.333. The molecule has 25 heavy (non-hydrogen) atoms. The zero-order valence-electron chi connectivity index (χ0n) is 15.2. The summed E-state index contributed by atoms with van der Waals surface area (Å²) in [6, 6.07) is 15.9. The molecule has 0 atom stereocenters. The molecule has 0 fully saturated rings. The number of hydrogen-bond donors (Lipinski definition) is 1. The standard InChI is InChI=1S/C21H26N2O2/c1-4-18-8-10-20(11-9-18)22-21(25)12-13-23(17(3)24)15-19-7-5-6-16(2)14-19/h5-11,14H,4,12-13,15H2,1-3H3,(H,22,25). The number of nitrogens with one attached hydrogen (secondary N) is 1. The molecule has 0 radical (unpaired) electrons. The fourth-order valence-corrected chi connectivity index (χ4v) is 2.66. The fourth-order valence-electron chi connectivity index (χ4n) is 2.66. The monoisotopic (exact) mass is 338 g/mol. The third-order valence-electron chi connectivity index (χ3n) is 4.16. The highest BCUT2D eigenvalue weighted by Gasteiger charge is 2.12. The van der Waals surface area contributed by atoms with Crippen LogP contribution in [-0.2, 0) is 22.6 Å². The second-order valence-electron chi connectivity index (χ2n) is 6.28. The minimum atomic E-state index is -0.0836. The Kier molecular flexibility index (Phi) is 6.75. The van der Waals surface area contributed by atoms with Gasteiger partial charge in [0.15, 0.2) is 0 Å². The van der Waals surface area contributed by atoms with E-state index < -0.39 is 0 Å². The van der Waals surface area contributed by atoms with Crippen molar-refractivity contribution < 1.29 is 9.59 Å². The van der Waals surface area contributed by atoms with Crippen LogP contribution in [0.5, 0.6) is 0 Å². The lowest BCUT2D eigenvalue weighted by Crippen LogP contribution is -2.31. The predicted molar refractivity (Wildman–Crippen MR) is 101 cm³/mol. The molecule has 4 heteroatoms. The van der Waals surface area contributed by atoms with Gasteiger partial charge in [0.25, 0.3) is 0 Å². The van der Waals surface area contributed by atoms with Gasteiger partial charge in [-0.2, -0.15) is 0 Å². The Hall–Kier alpha value is -2.62. The summed E-state index contributed by atoms with van der Waals surface area (Å²) in [7, 11) is 0. The van der Waals surface area contributed by atoms with Gasteiger partial charge < -0.3 is 10.2 Å². The highest BCUT2D eigenvalue weighted by Crippen LogP contribution is 2.11. The normalized spacial score (nSPS) is 10.4. The van der Waals surface area contributed by atoms with Gasteiger partial charge in [-0.1, -0.05) is 48.9 Å². The maximum absolute atomic E-state index is 12.2. The average molecular weight is 338 g/mol. The summed E-state index contributed by atoms with van der Waals surface area (Å²) in [5, 5.41) is 2.88. The van der Waals surface area contributed by atoms with Gasteiger partial charge in [0.1, 0.15) is 0 Å². The van der Waals surface area contributed by atoms with Crippen molar-refractivity contribution in [3.8, 4) is 0 Å². The maximum Gasteiger partial charge on any atom is 0.226 e. The molecular weight excluding hydrogens is 312 g/mol. The van der Waals surface area contributed by atoms with Crippen LogP contribution in [0.4, 0.5) is 5.69 Å². The van der Waals surface area contributed by atoms with Crippen LogP contribution in [0, 0.1) is 6.92 Å². The van der Waals surface area contributed by atoms with Crippen LogP contribution >= 0.6 is 0 Å². The number of hydrogen-bond acceptors (Lipinski definition) is 2. The molecule has 0 unspecified atom stereocenters. The van der Waals surface area contributed by atoms with Gasteiger partial charge in [-0.05, 0) is 36.6 Å². The summed E-state index contributed by atoms with van der Waals surface area (Å²) in [5.41, 5.74) is 4.26. The second kappa shape index (κ2) is 9.02. The number of aryl methyl sites for hydroxylation is 2. The largest absolute Gasteiger partial charge is 0.338 e. The van der Waals surface area contributed by atoms with Gasteiger partial charge in [0, 0.05) is 32.1 Å². The van der Waals surface area contributed by atoms with Crippen molar-refractivity contribution in [2.45, 2.75) is 40.2 Å². The van der Waals surface area contributed by atoms with Gasteiger partial charge in [-0.25, -0.2) is 0 Å². The third kappa shape index (κ3) is 6.07. The van der Waals surface area contributed by atoms with Crippen LogP contribution < -0.4 is 5.32 Å². The van der Waals surface area contributed by atoms with Crippen LogP contribution in [0.1, 0.15) is 37.0 Å². The number of carbonyl (C=O) groups is 2. The first-order valence-corrected chi connectivity index (χ1v) is 8.67. The van der Waals surface area contributed by atoms with Crippen molar-refractivity contribution in [3.05, 3.63) is 65.2 Å². The topological polar surface area (TPSA) is 49.4 Å². The molecular formula is C21H26N2O2. The average Bonchev–Trinajstić information content (AvgIpc) is 2.59. The van der Waals surface area contributed by atoms with Gasteiger partial charge in [0.2, 0.25) is 11.8 Å². The molecule has 2 amide bonds. The Morgan fingerprint density at radius 3 is 2.36 bits per heavy atom. The van der Waals surface area contributed by atoms with Crippen molar-refractivity contribution in [1.29, 1.82) is 0 Å². The number of benzene rings is 2. The lowest BCUT2D eigenvalue weighted by atomic mass is 10.1. The Morgan fingerprint density at radius 2 is 1.76 bits per heavy atom. The number of rotatable bonds is 7. The molecule has 0 saturated carbocycles. The van der Waals surface area contributed by atoms with E-state index in [0.717, 1.165) is 23.2 Å². The predicted octanol–water partition coefficient (Wildman–Crippen LogP) is 3.93. The molecule has 132 valence electrons. The molecule has 1 N–H and O–H groups in total. The van der Waals surface area contributed by atoms with E-state index in [1.54, 1.807) is 4.90 Å². The molecule has 4 nitrogen and oxygen atoms in total.